The molecule has 0 aliphatic rings. The first-order valence-corrected chi connectivity index (χ1v) is 13.2. The second-order valence-electron chi connectivity index (χ2n) is 7.79. The van der Waals surface area contributed by atoms with Crippen LogP contribution in [0.5, 0.6) is 17.2 Å². The molecule has 0 spiro atoms. The summed E-state index contributed by atoms with van der Waals surface area (Å²) in [5, 5.41) is 21.7. The highest BCUT2D eigenvalue weighted by atomic mass is 31.2. The number of benzene rings is 2. The zero-order chi connectivity index (χ0) is 28.1. The van der Waals surface area contributed by atoms with Crippen molar-refractivity contribution in [3.05, 3.63) is 53.6 Å². The average molecular weight is 555 g/mol. The van der Waals surface area contributed by atoms with Gasteiger partial charge in [-0.1, -0.05) is 30.3 Å². The summed E-state index contributed by atoms with van der Waals surface area (Å²) in [5.74, 6) is -3.91. The van der Waals surface area contributed by atoms with Gasteiger partial charge >= 0.3 is 18.0 Å². The Bertz CT molecular complexity index is 1120. The monoisotopic (exact) mass is 555 g/mol. The number of carbonyl (C=O) groups excluding carboxylic acids is 2. The molecule has 2 rings (SSSR count). The van der Waals surface area contributed by atoms with E-state index in [0.29, 0.717) is 0 Å². The highest BCUT2D eigenvalue weighted by Crippen LogP contribution is 2.56. The third kappa shape index (κ3) is 9.58. The van der Waals surface area contributed by atoms with Crippen LogP contribution < -0.4 is 19.5 Å². The number of carbonyl (C=O) groups is 3. The summed E-state index contributed by atoms with van der Waals surface area (Å²) in [4.78, 5) is 44.8. The number of alkyl carbamates (subject to hydrolysis) is 1. The van der Waals surface area contributed by atoms with Crippen molar-refractivity contribution in [2.75, 3.05) is 33.7 Å². The largest absolute Gasteiger partial charge is 0.493 e. The van der Waals surface area contributed by atoms with Crippen LogP contribution >= 0.6 is 7.37 Å². The third-order valence-electron chi connectivity index (χ3n) is 5.03. The van der Waals surface area contributed by atoms with Crippen LogP contribution in [0.2, 0.25) is 0 Å². The molecule has 0 aliphatic heterocycles. The predicted octanol–water partition coefficient (Wildman–Crippen LogP) is 2.64. The van der Waals surface area contributed by atoms with Gasteiger partial charge < -0.3 is 38.8 Å². The number of methoxy groups -OCH3 is 2. The van der Waals surface area contributed by atoms with E-state index in [-0.39, 0.29) is 42.3 Å². The number of rotatable bonds is 15. The van der Waals surface area contributed by atoms with Gasteiger partial charge in [0.05, 0.1) is 14.2 Å². The molecule has 0 aromatic heterocycles. The van der Waals surface area contributed by atoms with Gasteiger partial charge in [0.25, 0.3) is 0 Å². The Hall–Kier alpha value is -3.80. The molecule has 14 heteroatoms. The zero-order valence-corrected chi connectivity index (χ0v) is 21.7. The van der Waals surface area contributed by atoms with Crippen LogP contribution in [0.25, 0.3) is 0 Å². The number of esters is 1. The average Bonchev–Trinajstić information content (AvgIpc) is 2.90. The molecule has 0 saturated carbocycles. The van der Waals surface area contributed by atoms with Crippen LogP contribution in [0.15, 0.2) is 42.5 Å². The molecule has 0 fully saturated rings. The van der Waals surface area contributed by atoms with E-state index in [0.717, 1.165) is 5.56 Å². The number of aliphatic hydroxyl groups excluding tert-OH is 1. The van der Waals surface area contributed by atoms with E-state index in [9.17, 15) is 28.9 Å². The summed E-state index contributed by atoms with van der Waals surface area (Å²) in [6, 6.07) is 11.4. The Morgan fingerprint density at radius 2 is 1.66 bits per heavy atom. The lowest BCUT2D eigenvalue weighted by molar-refractivity contribution is -0.144. The highest BCUT2D eigenvalue weighted by Gasteiger charge is 2.32. The number of hydrogen-bond donors (Lipinski definition) is 4. The number of aliphatic hydroxyl groups is 1. The lowest BCUT2D eigenvalue weighted by Crippen LogP contribution is -2.28. The lowest BCUT2D eigenvalue weighted by Gasteiger charge is -2.21. The fourth-order valence-electron chi connectivity index (χ4n) is 3.15. The number of hydrogen-bond acceptors (Lipinski definition) is 10. The van der Waals surface area contributed by atoms with Crippen LogP contribution in [0, 0.1) is 0 Å². The minimum atomic E-state index is -4.24. The van der Waals surface area contributed by atoms with Gasteiger partial charge in [0.15, 0.2) is 30.7 Å². The maximum Gasteiger partial charge on any atom is 0.410 e. The second-order valence-corrected chi connectivity index (χ2v) is 10.2. The van der Waals surface area contributed by atoms with Crippen LogP contribution in [0.1, 0.15) is 29.8 Å². The van der Waals surface area contributed by atoms with E-state index >= 15 is 0 Å². The quantitative estimate of drug-likeness (QED) is 0.143. The minimum Gasteiger partial charge on any atom is -0.493 e. The first kappa shape index (κ1) is 30.4. The van der Waals surface area contributed by atoms with Crippen molar-refractivity contribution in [3.63, 3.8) is 0 Å². The van der Waals surface area contributed by atoms with Gasteiger partial charge in [-0.2, -0.15) is 0 Å². The standard InChI is InChI=1S/C24H30NO12P/c1-33-18-11-17(12-19(34-2)22(18)35-14-20(26)27)23(29)38(31,32)10-6-9-21(28)37-15-25-24(30)36-13-16-7-4-3-5-8-16/h3-5,7-8,11-12,23,29H,6,9-10,13-15H2,1-2H3,(H,25,30)(H,26,27)(H,31,32)/t23-/m0/s1. The summed E-state index contributed by atoms with van der Waals surface area (Å²) < 4.78 is 38.1. The Morgan fingerprint density at radius 1 is 1.03 bits per heavy atom. The van der Waals surface area contributed by atoms with Crippen LogP contribution in [0.4, 0.5) is 4.79 Å². The van der Waals surface area contributed by atoms with Crippen LogP contribution in [-0.2, 0) is 30.2 Å². The van der Waals surface area contributed by atoms with Crippen molar-refractivity contribution >= 4 is 25.4 Å². The molecule has 13 nitrogen and oxygen atoms in total. The van der Waals surface area contributed by atoms with E-state index in [1.165, 1.54) is 26.4 Å². The molecular weight excluding hydrogens is 525 g/mol. The molecule has 0 radical (unpaired) electrons. The molecule has 0 heterocycles. The maximum atomic E-state index is 12.8. The molecule has 0 saturated heterocycles. The molecule has 1 amide bonds. The highest BCUT2D eigenvalue weighted by molar-refractivity contribution is 7.58. The van der Waals surface area contributed by atoms with Crippen molar-refractivity contribution in [1.29, 1.82) is 0 Å². The van der Waals surface area contributed by atoms with Crippen molar-refractivity contribution in [2.24, 2.45) is 0 Å². The van der Waals surface area contributed by atoms with Crippen molar-refractivity contribution in [3.8, 4) is 17.2 Å². The smallest absolute Gasteiger partial charge is 0.410 e. The zero-order valence-electron chi connectivity index (χ0n) is 20.8. The van der Waals surface area contributed by atoms with E-state index in [2.05, 4.69) is 5.32 Å². The normalized spacial score (nSPS) is 12.9. The Kier molecular flexibility index (Phi) is 11.9. The number of carboxylic acid groups (broad SMARTS) is 1. The predicted molar refractivity (Wildman–Crippen MR) is 132 cm³/mol. The lowest BCUT2D eigenvalue weighted by atomic mass is 10.2. The number of carboxylic acids is 1. The molecule has 0 aliphatic carbocycles. The van der Waals surface area contributed by atoms with Crippen molar-refractivity contribution in [2.45, 2.75) is 25.3 Å². The van der Waals surface area contributed by atoms with Crippen molar-refractivity contribution < 1.29 is 57.7 Å². The number of aliphatic carboxylic acids is 1. The van der Waals surface area contributed by atoms with Gasteiger partial charge in [-0.05, 0) is 29.7 Å². The molecule has 1 unspecified atom stereocenters. The van der Waals surface area contributed by atoms with E-state index in [1.807, 2.05) is 6.07 Å². The summed E-state index contributed by atoms with van der Waals surface area (Å²) >= 11 is 0. The second kappa shape index (κ2) is 14.8. The minimum absolute atomic E-state index is 0.0157. The van der Waals surface area contributed by atoms with E-state index < -0.39 is 50.7 Å². The molecule has 4 N–H and O–H groups in total. The Labute approximate surface area is 218 Å². The fourth-order valence-corrected chi connectivity index (χ4v) is 4.62. The van der Waals surface area contributed by atoms with Gasteiger partial charge in [0.1, 0.15) is 6.61 Å². The van der Waals surface area contributed by atoms with E-state index in [4.69, 9.17) is 28.8 Å². The van der Waals surface area contributed by atoms with E-state index in [1.54, 1.807) is 24.3 Å². The van der Waals surface area contributed by atoms with Crippen LogP contribution in [-0.4, -0.2) is 66.9 Å². The Balaban J connectivity index is 1.83. The first-order chi connectivity index (χ1) is 18.1. The van der Waals surface area contributed by atoms with Gasteiger partial charge in [-0.15, -0.1) is 0 Å². The van der Waals surface area contributed by atoms with Gasteiger partial charge in [-0.25, -0.2) is 9.59 Å². The molecule has 208 valence electrons. The number of nitrogens with one attached hydrogen (secondary N) is 1. The van der Waals surface area contributed by atoms with Gasteiger partial charge in [0.2, 0.25) is 13.1 Å². The molecular formula is C24H30NO12P. The molecule has 38 heavy (non-hydrogen) atoms. The molecule has 0 bridgehead atoms. The summed E-state index contributed by atoms with van der Waals surface area (Å²) in [6.07, 6.45) is -1.53. The number of ether oxygens (including phenoxy) is 5. The molecule has 2 atom stereocenters. The van der Waals surface area contributed by atoms with Gasteiger partial charge in [-0.3, -0.25) is 14.7 Å². The van der Waals surface area contributed by atoms with Crippen molar-refractivity contribution in [1.82, 2.24) is 5.32 Å². The topological polar surface area (TPSA) is 187 Å². The van der Waals surface area contributed by atoms with Crippen LogP contribution in [0.3, 0.4) is 0 Å². The summed E-state index contributed by atoms with van der Waals surface area (Å²) in [6.45, 7) is -1.08. The SMILES string of the molecule is COc1cc([C@@H](O)P(=O)(O)CCCC(=O)OCNC(=O)OCc2ccccc2)cc(OC)c1OCC(=O)O. The summed E-state index contributed by atoms with van der Waals surface area (Å²) in [7, 11) is -1.71. The first-order valence-electron chi connectivity index (χ1n) is 11.3. The maximum absolute atomic E-state index is 12.8. The fraction of sp³-hybridized carbons (Fsp3) is 0.375. The molecule has 2 aromatic carbocycles. The number of amides is 1. The summed E-state index contributed by atoms with van der Waals surface area (Å²) in [5.41, 5.74) is 0.752. The molecule has 2 aromatic rings. The Morgan fingerprint density at radius 3 is 2.24 bits per heavy atom. The van der Waals surface area contributed by atoms with Gasteiger partial charge in [0, 0.05) is 12.6 Å². The third-order valence-corrected chi connectivity index (χ3v) is 7.04.